The lowest BCUT2D eigenvalue weighted by Gasteiger charge is -2.34. The number of nitrogens with zero attached hydrogens (tertiary/aromatic N) is 2. The minimum Gasteiger partial charge on any atom is -0.332 e. The molecule has 0 radical (unpaired) electrons. The van der Waals surface area contributed by atoms with Gasteiger partial charge in [-0.1, -0.05) is 30.3 Å². The molecule has 2 aromatic rings. The third kappa shape index (κ3) is 4.44. The Labute approximate surface area is 146 Å². The fourth-order valence-electron chi connectivity index (χ4n) is 3.02. The zero-order valence-corrected chi connectivity index (χ0v) is 14.0. The van der Waals surface area contributed by atoms with E-state index >= 15 is 0 Å². The normalized spacial score (nSPS) is 14.7. The Kier molecular flexibility index (Phi) is 5.43. The molecule has 2 amide bonds. The fraction of sp³-hybridized carbons (Fsp3) is 0.300. The molecule has 1 fully saturated rings. The van der Waals surface area contributed by atoms with Gasteiger partial charge in [0, 0.05) is 25.2 Å². The standard InChI is InChI=1S/C20H21FN2O2/c21-17-11-9-16(10-12-17)5-4-8-19(24)22-13-14-23(20(25)15-22)18-6-2-1-3-7-18/h1-3,6-7,9-12H,4-5,8,13-15H2. The zero-order valence-electron chi connectivity index (χ0n) is 14.0. The van der Waals surface area contributed by atoms with Crippen molar-refractivity contribution in [2.45, 2.75) is 19.3 Å². The monoisotopic (exact) mass is 340 g/mol. The summed E-state index contributed by atoms with van der Waals surface area (Å²) >= 11 is 0. The number of benzene rings is 2. The van der Waals surface area contributed by atoms with Crippen LogP contribution in [0.5, 0.6) is 0 Å². The summed E-state index contributed by atoms with van der Waals surface area (Å²) in [6, 6.07) is 15.8. The van der Waals surface area contributed by atoms with Crippen LogP contribution in [0.1, 0.15) is 18.4 Å². The van der Waals surface area contributed by atoms with Crippen molar-refractivity contribution in [3.8, 4) is 0 Å². The van der Waals surface area contributed by atoms with Crippen LogP contribution in [0.2, 0.25) is 0 Å². The lowest BCUT2D eigenvalue weighted by Crippen LogP contribution is -2.52. The molecule has 130 valence electrons. The van der Waals surface area contributed by atoms with Crippen LogP contribution in [0.3, 0.4) is 0 Å². The maximum absolute atomic E-state index is 12.9. The van der Waals surface area contributed by atoms with Gasteiger partial charge in [-0.2, -0.15) is 0 Å². The van der Waals surface area contributed by atoms with E-state index in [1.54, 1.807) is 21.9 Å². The molecule has 0 aromatic heterocycles. The van der Waals surface area contributed by atoms with Crippen LogP contribution in [0.15, 0.2) is 54.6 Å². The number of para-hydroxylation sites is 1. The molecule has 5 heteroatoms. The minimum atomic E-state index is -0.255. The number of carbonyl (C=O) groups is 2. The number of piperazine rings is 1. The molecule has 0 bridgehead atoms. The van der Waals surface area contributed by atoms with Crippen LogP contribution in [-0.4, -0.2) is 36.3 Å². The average Bonchev–Trinajstić information content (AvgIpc) is 2.64. The number of rotatable bonds is 5. The summed E-state index contributed by atoms with van der Waals surface area (Å²) in [5, 5.41) is 0. The molecule has 0 aliphatic carbocycles. The van der Waals surface area contributed by atoms with Crippen molar-refractivity contribution in [2.75, 3.05) is 24.5 Å². The largest absolute Gasteiger partial charge is 0.332 e. The highest BCUT2D eigenvalue weighted by Crippen LogP contribution is 2.17. The van der Waals surface area contributed by atoms with Gasteiger partial charge in [0.15, 0.2) is 0 Å². The van der Waals surface area contributed by atoms with Gasteiger partial charge in [0.25, 0.3) is 0 Å². The molecule has 2 aromatic carbocycles. The van der Waals surface area contributed by atoms with Gasteiger partial charge in [-0.3, -0.25) is 9.59 Å². The third-order valence-corrected chi connectivity index (χ3v) is 4.41. The van der Waals surface area contributed by atoms with E-state index in [1.807, 2.05) is 30.3 Å². The number of hydrogen-bond donors (Lipinski definition) is 0. The summed E-state index contributed by atoms with van der Waals surface area (Å²) in [5.41, 5.74) is 1.88. The Morgan fingerprint density at radius 2 is 1.72 bits per heavy atom. The number of anilines is 1. The topological polar surface area (TPSA) is 40.6 Å². The van der Waals surface area contributed by atoms with Gasteiger partial charge in [0.1, 0.15) is 12.4 Å². The molecular weight excluding hydrogens is 319 g/mol. The number of carbonyl (C=O) groups excluding carboxylic acids is 2. The summed E-state index contributed by atoms with van der Waals surface area (Å²) < 4.78 is 12.9. The molecule has 1 heterocycles. The molecule has 0 atom stereocenters. The number of halogens is 1. The minimum absolute atomic E-state index is 0.00294. The molecule has 3 rings (SSSR count). The Bertz CT molecular complexity index is 731. The molecule has 0 spiro atoms. The molecule has 0 unspecified atom stereocenters. The first-order valence-corrected chi connectivity index (χ1v) is 8.51. The van der Waals surface area contributed by atoms with E-state index in [0.717, 1.165) is 17.7 Å². The maximum Gasteiger partial charge on any atom is 0.246 e. The van der Waals surface area contributed by atoms with Crippen LogP contribution in [0.25, 0.3) is 0 Å². The van der Waals surface area contributed by atoms with Gasteiger partial charge in [0.2, 0.25) is 11.8 Å². The van der Waals surface area contributed by atoms with E-state index < -0.39 is 0 Å². The van der Waals surface area contributed by atoms with Gasteiger partial charge in [-0.25, -0.2) is 4.39 Å². The zero-order chi connectivity index (χ0) is 17.6. The second-order valence-electron chi connectivity index (χ2n) is 6.18. The predicted octanol–water partition coefficient (Wildman–Crippen LogP) is 3.02. The van der Waals surface area contributed by atoms with E-state index in [1.165, 1.54) is 12.1 Å². The molecule has 1 aliphatic rings. The van der Waals surface area contributed by atoms with E-state index in [4.69, 9.17) is 0 Å². The highest BCUT2D eigenvalue weighted by molar-refractivity contribution is 5.97. The van der Waals surface area contributed by atoms with Crippen molar-refractivity contribution < 1.29 is 14.0 Å². The highest BCUT2D eigenvalue weighted by atomic mass is 19.1. The van der Waals surface area contributed by atoms with Gasteiger partial charge < -0.3 is 9.80 Å². The van der Waals surface area contributed by atoms with E-state index in [2.05, 4.69) is 0 Å². The molecule has 0 saturated carbocycles. The predicted molar refractivity (Wildman–Crippen MR) is 94.7 cm³/mol. The van der Waals surface area contributed by atoms with Gasteiger partial charge >= 0.3 is 0 Å². The summed E-state index contributed by atoms with van der Waals surface area (Å²) in [4.78, 5) is 28.0. The number of aryl methyl sites for hydroxylation is 1. The number of hydrogen-bond acceptors (Lipinski definition) is 2. The summed E-state index contributed by atoms with van der Waals surface area (Å²) in [5.74, 6) is -0.304. The van der Waals surface area contributed by atoms with Crippen molar-refractivity contribution in [3.05, 3.63) is 66.0 Å². The third-order valence-electron chi connectivity index (χ3n) is 4.41. The molecule has 1 aliphatic heterocycles. The molecule has 4 nitrogen and oxygen atoms in total. The Hall–Kier alpha value is -2.69. The van der Waals surface area contributed by atoms with E-state index in [9.17, 15) is 14.0 Å². The van der Waals surface area contributed by atoms with Gasteiger partial charge in [-0.15, -0.1) is 0 Å². The maximum atomic E-state index is 12.9. The Balaban J connectivity index is 1.47. The quantitative estimate of drug-likeness (QED) is 0.839. The lowest BCUT2D eigenvalue weighted by molar-refractivity contribution is -0.136. The smallest absolute Gasteiger partial charge is 0.246 e. The number of amides is 2. The first-order valence-electron chi connectivity index (χ1n) is 8.51. The molecule has 1 saturated heterocycles. The average molecular weight is 340 g/mol. The van der Waals surface area contributed by atoms with E-state index in [0.29, 0.717) is 25.9 Å². The summed E-state index contributed by atoms with van der Waals surface area (Å²) in [7, 11) is 0. The van der Waals surface area contributed by atoms with Crippen molar-refractivity contribution >= 4 is 17.5 Å². The van der Waals surface area contributed by atoms with E-state index in [-0.39, 0.29) is 24.2 Å². The fourth-order valence-corrected chi connectivity index (χ4v) is 3.02. The first-order chi connectivity index (χ1) is 12.1. The van der Waals surface area contributed by atoms with Crippen LogP contribution < -0.4 is 4.90 Å². The molecule has 0 N–H and O–H groups in total. The Morgan fingerprint density at radius 1 is 1.00 bits per heavy atom. The molecular formula is C20H21FN2O2. The van der Waals surface area contributed by atoms with Crippen LogP contribution >= 0.6 is 0 Å². The van der Waals surface area contributed by atoms with Crippen LogP contribution in [0, 0.1) is 5.82 Å². The van der Waals surface area contributed by atoms with Crippen molar-refractivity contribution in [2.24, 2.45) is 0 Å². The second-order valence-corrected chi connectivity index (χ2v) is 6.18. The Morgan fingerprint density at radius 3 is 2.40 bits per heavy atom. The first kappa shape index (κ1) is 17.1. The van der Waals surface area contributed by atoms with Crippen molar-refractivity contribution in [1.29, 1.82) is 0 Å². The van der Waals surface area contributed by atoms with Gasteiger partial charge in [-0.05, 0) is 42.7 Å². The van der Waals surface area contributed by atoms with Crippen molar-refractivity contribution in [1.82, 2.24) is 4.90 Å². The van der Waals surface area contributed by atoms with Gasteiger partial charge in [0.05, 0.1) is 0 Å². The van der Waals surface area contributed by atoms with Crippen LogP contribution in [0.4, 0.5) is 10.1 Å². The van der Waals surface area contributed by atoms with Crippen molar-refractivity contribution in [3.63, 3.8) is 0 Å². The molecule has 25 heavy (non-hydrogen) atoms. The summed E-state index contributed by atoms with van der Waals surface area (Å²) in [6.07, 6.45) is 1.82. The van der Waals surface area contributed by atoms with Crippen LogP contribution in [-0.2, 0) is 16.0 Å². The summed E-state index contributed by atoms with van der Waals surface area (Å²) in [6.45, 7) is 1.20. The second kappa shape index (κ2) is 7.92. The SMILES string of the molecule is O=C(CCCc1ccc(F)cc1)N1CCN(c2ccccc2)C(=O)C1. The highest BCUT2D eigenvalue weighted by Gasteiger charge is 2.27. The lowest BCUT2D eigenvalue weighted by atomic mass is 10.1.